The zero-order valence-electron chi connectivity index (χ0n) is 14.3. The molecule has 0 atom stereocenters. The Balaban J connectivity index is 1.29. The minimum absolute atomic E-state index is 0.0983. The van der Waals surface area contributed by atoms with Crippen molar-refractivity contribution in [3.05, 3.63) is 23.8 Å². The number of benzene rings is 1. The van der Waals surface area contributed by atoms with Crippen molar-refractivity contribution < 1.29 is 19.1 Å². The quantitative estimate of drug-likeness (QED) is 0.914. The van der Waals surface area contributed by atoms with Crippen LogP contribution in [0.4, 0.5) is 0 Å². The molecule has 6 nitrogen and oxygen atoms in total. The second-order valence-corrected chi connectivity index (χ2v) is 7.12. The van der Waals surface area contributed by atoms with Gasteiger partial charge in [0.05, 0.1) is 0 Å². The lowest BCUT2D eigenvalue weighted by atomic mass is 10.0. The normalized spacial score (nSPS) is 20.7. The Hall–Kier alpha value is -2.24. The molecule has 3 aliphatic rings. The van der Waals surface area contributed by atoms with Crippen molar-refractivity contribution in [2.24, 2.45) is 5.92 Å². The van der Waals surface area contributed by atoms with Crippen molar-refractivity contribution in [1.29, 1.82) is 0 Å². The van der Waals surface area contributed by atoms with E-state index in [0.29, 0.717) is 23.0 Å². The van der Waals surface area contributed by atoms with Gasteiger partial charge in [-0.15, -0.1) is 0 Å². The maximum absolute atomic E-state index is 12.5. The maximum Gasteiger partial charge on any atom is 0.251 e. The lowest BCUT2D eigenvalue weighted by molar-refractivity contribution is -0.136. The molecule has 2 amide bonds. The first-order chi connectivity index (χ1) is 12.2. The SMILES string of the molecule is O=C(NC1CCN(C(=O)C2CCCC2)CC1)c1ccc2c(c1)OCO2. The molecule has 0 spiro atoms. The van der Waals surface area contributed by atoms with Crippen LogP contribution >= 0.6 is 0 Å². The molecule has 2 fully saturated rings. The molecule has 1 saturated carbocycles. The minimum atomic E-state index is -0.0983. The monoisotopic (exact) mass is 344 g/mol. The van der Waals surface area contributed by atoms with Gasteiger partial charge in [0.2, 0.25) is 12.7 Å². The summed E-state index contributed by atoms with van der Waals surface area (Å²) in [5.74, 6) is 1.75. The van der Waals surface area contributed by atoms with E-state index in [4.69, 9.17) is 9.47 Å². The number of ether oxygens (including phenoxy) is 2. The smallest absolute Gasteiger partial charge is 0.251 e. The molecule has 4 rings (SSSR count). The molecule has 6 heteroatoms. The zero-order chi connectivity index (χ0) is 17.2. The van der Waals surface area contributed by atoms with Crippen LogP contribution in [-0.2, 0) is 4.79 Å². The van der Waals surface area contributed by atoms with Crippen LogP contribution in [0, 0.1) is 5.92 Å². The van der Waals surface area contributed by atoms with Crippen molar-refractivity contribution in [2.45, 2.75) is 44.6 Å². The number of piperidine rings is 1. The van der Waals surface area contributed by atoms with Crippen LogP contribution in [0.5, 0.6) is 11.5 Å². The van der Waals surface area contributed by atoms with Gasteiger partial charge in [0.25, 0.3) is 5.91 Å². The molecule has 0 bridgehead atoms. The summed E-state index contributed by atoms with van der Waals surface area (Å²) in [4.78, 5) is 26.9. The third kappa shape index (κ3) is 3.43. The third-order valence-electron chi connectivity index (χ3n) is 5.48. The molecular formula is C19H24N2O4. The molecule has 134 valence electrons. The van der Waals surface area contributed by atoms with Gasteiger partial charge in [-0.25, -0.2) is 0 Å². The molecule has 25 heavy (non-hydrogen) atoms. The van der Waals surface area contributed by atoms with Crippen LogP contribution in [-0.4, -0.2) is 42.6 Å². The molecule has 1 aliphatic carbocycles. The number of likely N-dealkylation sites (tertiary alicyclic amines) is 1. The van der Waals surface area contributed by atoms with Gasteiger partial charge in [0.1, 0.15) is 0 Å². The van der Waals surface area contributed by atoms with Crippen LogP contribution in [0.2, 0.25) is 0 Å². The summed E-state index contributed by atoms with van der Waals surface area (Å²) in [5, 5.41) is 3.08. The summed E-state index contributed by atoms with van der Waals surface area (Å²) in [7, 11) is 0. The van der Waals surface area contributed by atoms with Crippen molar-refractivity contribution in [3.63, 3.8) is 0 Å². The topological polar surface area (TPSA) is 67.9 Å². The highest BCUT2D eigenvalue weighted by Crippen LogP contribution is 2.32. The van der Waals surface area contributed by atoms with E-state index in [2.05, 4.69) is 5.32 Å². The van der Waals surface area contributed by atoms with Crippen LogP contribution in [0.1, 0.15) is 48.9 Å². The molecular weight excluding hydrogens is 320 g/mol. The molecule has 0 aromatic heterocycles. The number of carbonyl (C=O) groups is 2. The summed E-state index contributed by atoms with van der Waals surface area (Å²) in [6.07, 6.45) is 6.07. The summed E-state index contributed by atoms with van der Waals surface area (Å²) in [6.45, 7) is 1.68. The average Bonchev–Trinajstić information content (AvgIpc) is 3.32. The third-order valence-corrected chi connectivity index (χ3v) is 5.48. The van der Waals surface area contributed by atoms with Crippen LogP contribution in [0.15, 0.2) is 18.2 Å². The zero-order valence-corrected chi connectivity index (χ0v) is 14.3. The van der Waals surface area contributed by atoms with Crippen molar-refractivity contribution >= 4 is 11.8 Å². The fourth-order valence-electron chi connectivity index (χ4n) is 3.98. The highest BCUT2D eigenvalue weighted by Gasteiger charge is 2.30. The number of amides is 2. The Bertz CT molecular complexity index is 661. The molecule has 0 radical (unpaired) electrons. The Kier molecular flexibility index (Phi) is 4.51. The Morgan fingerprint density at radius 3 is 2.48 bits per heavy atom. The van der Waals surface area contributed by atoms with Gasteiger partial charge in [0.15, 0.2) is 11.5 Å². The Morgan fingerprint density at radius 2 is 1.72 bits per heavy atom. The summed E-state index contributed by atoms with van der Waals surface area (Å²) in [5.41, 5.74) is 0.578. The molecule has 2 aliphatic heterocycles. The van der Waals surface area contributed by atoms with Crippen molar-refractivity contribution in [3.8, 4) is 11.5 Å². The first-order valence-corrected chi connectivity index (χ1v) is 9.20. The molecule has 1 aromatic carbocycles. The number of fused-ring (bicyclic) bond motifs is 1. The predicted octanol–water partition coefficient (Wildman–Crippen LogP) is 2.33. The summed E-state index contributed by atoms with van der Waals surface area (Å²) in [6, 6.07) is 5.35. The van der Waals surface area contributed by atoms with Gasteiger partial charge in [-0.1, -0.05) is 12.8 Å². The van der Waals surface area contributed by atoms with E-state index >= 15 is 0 Å². The summed E-state index contributed by atoms with van der Waals surface area (Å²) >= 11 is 0. The van der Waals surface area contributed by atoms with E-state index in [1.165, 1.54) is 12.8 Å². The number of rotatable bonds is 3. The number of nitrogens with zero attached hydrogens (tertiary/aromatic N) is 1. The van der Waals surface area contributed by atoms with Gasteiger partial charge < -0.3 is 19.7 Å². The number of hydrogen-bond acceptors (Lipinski definition) is 4. The first kappa shape index (κ1) is 16.2. The molecule has 1 N–H and O–H groups in total. The second kappa shape index (κ2) is 6.94. The van der Waals surface area contributed by atoms with Crippen LogP contribution in [0.25, 0.3) is 0 Å². The fourth-order valence-corrected chi connectivity index (χ4v) is 3.98. The predicted molar refractivity (Wildman–Crippen MR) is 91.6 cm³/mol. The fraction of sp³-hybridized carbons (Fsp3) is 0.579. The number of nitrogens with one attached hydrogen (secondary N) is 1. The van der Waals surface area contributed by atoms with E-state index in [1.54, 1.807) is 18.2 Å². The lowest BCUT2D eigenvalue weighted by Crippen LogP contribution is -2.47. The minimum Gasteiger partial charge on any atom is -0.454 e. The van der Waals surface area contributed by atoms with Gasteiger partial charge in [-0.05, 0) is 43.9 Å². The van der Waals surface area contributed by atoms with Gasteiger partial charge in [-0.2, -0.15) is 0 Å². The highest BCUT2D eigenvalue weighted by molar-refractivity contribution is 5.95. The van der Waals surface area contributed by atoms with Gasteiger partial charge in [0, 0.05) is 30.6 Å². The largest absolute Gasteiger partial charge is 0.454 e. The highest BCUT2D eigenvalue weighted by atomic mass is 16.7. The molecule has 1 saturated heterocycles. The molecule has 0 unspecified atom stereocenters. The maximum atomic E-state index is 12.5. The lowest BCUT2D eigenvalue weighted by Gasteiger charge is -2.34. The standard InChI is InChI=1S/C19H24N2O4/c22-18(14-5-6-16-17(11-14)25-12-24-16)20-15-7-9-21(10-8-15)19(23)13-3-1-2-4-13/h5-6,11,13,15H,1-4,7-10,12H2,(H,20,22). The van der Waals surface area contributed by atoms with Gasteiger partial charge in [-0.3, -0.25) is 9.59 Å². The van der Waals surface area contributed by atoms with E-state index < -0.39 is 0 Å². The van der Waals surface area contributed by atoms with Gasteiger partial charge >= 0.3 is 0 Å². The number of carbonyl (C=O) groups excluding carboxylic acids is 2. The van der Waals surface area contributed by atoms with Crippen molar-refractivity contribution in [2.75, 3.05) is 19.9 Å². The average molecular weight is 344 g/mol. The first-order valence-electron chi connectivity index (χ1n) is 9.20. The van der Waals surface area contributed by atoms with Crippen LogP contribution < -0.4 is 14.8 Å². The van der Waals surface area contributed by atoms with E-state index in [0.717, 1.165) is 38.8 Å². The van der Waals surface area contributed by atoms with E-state index in [-0.39, 0.29) is 24.7 Å². The van der Waals surface area contributed by atoms with Crippen LogP contribution in [0.3, 0.4) is 0 Å². The molecule has 2 heterocycles. The number of hydrogen-bond donors (Lipinski definition) is 1. The summed E-state index contributed by atoms with van der Waals surface area (Å²) < 4.78 is 10.6. The van der Waals surface area contributed by atoms with Crippen molar-refractivity contribution in [1.82, 2.24) is 10.2 Å². The second-order valence-electron chi connectivity index (χ2n) is 7.12. The Morgan fingerprint density at radius 1 is 1.00 bits per heavy atom. The molecule has 1 aromatic rings. The van der Waals surface area contributed by atoms with E-state index in [9.17, 15) is 9.59 Å². The Labute approximate surface area is 147 Å². The van der Waals surface area contributed by atoms with E-state index in [1.807, 2.05) is 4.90 Å².